The van der Waals surface area contributed by atoms with E-state index in [1.54, 1.807) is 6.08 Å². The van der Waals surface area contributed by atoms with E-state index < -0.39 is 12.5 Å². The highest BCUT2D eigenvalue weighted by Crippen LogP contribution is 2.52. The van der Waals surface area contributed by atoms with Gasteiger partial charge in [-0.25, -0.2) is 5.43 Å². The molecule has 6 nitrogen and oxygen atoms in total. The van der Waals surface area contributed by atoms with Gasteiger partial charge in [-0.05, 0) is 68.6 Å². The number of amides is 1. The highest BCUT2D eigenvalue weighted by atomic mass is 19.4. The Bertz CT molecular complexity index is 965. The fraction of sp³-hybridized carbons (Fsp3) is 0.560. The minimum absolute atomic E-state index is 0.00273. The van der Waals surface area contributed by atoms with Gasteiger partial charge in [0.05, 0.1) is 23.4 Å². The Kier molecular flexibility index (Phi) is 6.10. The van der Waals surface area contributed by atoms with Crippen molar-refractivity contribution >= 4 is 5.91 Å². The topological polar surface area (TPSA) is 56.8 Å². The van der Waals surface area contributed by atoms with E-state index in [9.17, 15) is 18.0 Å². The van der Waals surface area contributed by atoms with E-state index in [2.05, 4.69) is 20.4 Å². The Labute approximate surface area is 197 Å². The Hall–Kier alpha value is -2.52. The van der Waals surface area contributed by atoms with Crippen molar-refractivity contribution in [1.82, 2.24) is 20.7 Å². The van der Waals surface area contributed by atoms with E-state index in [0.717, 1.165) is 55.7 Å². The number of hydrogen-bond donors (Lipinski definition) is 2. The van der Waals surface area contributed by atoms with E-state index in [4.69, 9.17) is 0 Å². The maximum absolute atomic E-state index is 12.9. The van der Waals surface area contributed by atoms with Gasteiger partial charge in [-0.1, -0.05) is 18.2 Å². The van der Waals surface area contributed by atoms with Crippen molar-refractivity contribution in [3.8, 4) is 0 Å². The third-order valence-electron chi connectivity index (χ3n) is 7.66. The molecule has 0 aromatic carbocycles. The molecule has 34 heavy (non-hydrogen) atoms. The lowest BCUT2D eigenvalue weighted by molar-refractivity contribution is -0.336. The molecule has 2 fully saturated rings. The van der Waals surface area contributed by atoms with Crippen LogP contribution in [0.3, 0.4) is 0 Å². The number of piperidine rings is 1. The van der Waals surface area contributed by atoms with Gasteiger partial charge in [0, 0.05) is 31.5 Å². The average molecular weight is 477 g/mol. The van der Waals surface area contributed by atoms with Crippen LogP contribution in [0.4, 0.5) is 13.2 Å². The summed E-state index contributed by atoms with van der Waals surface area (Å²) in [5, 5.41) is 5.05. The van der Waals surface area contributed by atoms with Crippen molar-refractivity contribution < 1.29 is 22.7 Å². The van der Waals surface area contributed by atoms with Crippen molar-refractivity contribution in [2.45, 2.75) is 57.5 Å². The lowest BCUT2D eigenvalue weighted by Crippen LogP contribution is -2.49. The largest absolute Gasteiger partial charge is 0.523 e. The molecule has 0 bridgehead atoms. The van der Waals surface area contributed by atoms with Crippen LogP contribution in [0, 0.1) is 11.3 Å². The number of nitrogens with zero attached hydrogens (tertiary/aromatic N) is 2. The van der Waals surface area contributed by atoms with Crippen LogP contribution in [0.1, 0.15) is 39.0 Å². The van der Waals surface area contributed by atoms with Crippen LogP contribution >= 0.6 is 0 Å². The molecule has 0 aromatic heterocycles. The molecule has 1 unspecified atom stereocenters. The van der Waals surface area contributed by atoms with Gasteiger partial charge >= 0.3 is 6.36 Å². The summed E-state index contributed by atoms with van der Waals surface area (Å²) in [6.45, 7) is 4.51. The summed E-state index contributed by atoms with van der Waals surface area (Å²) in [4.78, 5) is 15.1. The van der Waals surface area contributed by atoms with Gasteiger partial charge in [0.15, 0.2) is 0 Å². The quantitative estimate of drug-likeness (QED) is 0.631. The van der Waals surface area contributed by atoms with E-state index >= 15 is 0 Å². The predicted molar refractivity (Wildman–Crippen MR) is 121 cm³/mol. The maximum atomic E-state index is 12.9. The van der Waals surface area contributed by atoms with Gasteiger partial charge in [0.2, 0.25) is 0 Å². The molecule has 184 valence electrons. The molecule has 2 N–H and O–H groups in total. The SMILES string of the molecule is C[C@H]1NN2C=CC=CC2=C1C(=O)NCC1CC2(CCN(C3=CCC(OC(F)(F)F)C=C3)CC2)C1. The first-order valence-corrected chi connectivity index (χ1v) is 12.0. The smallest absolute Gasteiger partial charge is 0.372 e. The number of likely N-dealkylation sites (tertiary alicyclic amines) is 1. The second kappa shape index (κ2) is 8.92. The first-order chi connectivity index (χ1) is 16.2. The third-order valence-corrected chi connectivity index (χ3v) is 7.66. The Morgan fingerprint density at radius 3 is 2.68 bits per heavy atom. The summed E-state index contributed by atoms with van der Waals surface area (Å²) in [5.74, 6) is 0.495. The molecule has 2 atom stereocenters. The fourth-order valence-corrected chi connectivity index (χ4v) is 5.96. The number of allylic oxidation sites excluding steroid dienone is 4. The number of alkyl halides is 3. The second-order valence-electron chi connectivity index (χ2n) is 10.0. The molecule has 1 spiro atoms. The molecular formula is C25H31F3N4O2. The van der Waals surface area contributed by atoms with Gasteiger partial charge in [-0.3, -0.25) is 14.5 Å². The first-order valence-electron chi connectivity index (χ1n) is 12.0. The highest BCUT2D eigenvalue weighted by Gasteiger charge is 2.46. The van der Waals surface area contributed by atoms with Gasteiger partial charge in [-0.15, -0.1) is 13.2 Å². The Morgan fingerprint density at radius 1 is 1.24 bits per heavy atom. The zero-order valence-electron chi connectivity index (χ0n) is 19.3. The minimum atomic E-state index is -4.60. The van der Waals surface area contributed by atoms with Crippen LogP contribution in [-0.2, 0) is 9.53 Å². The summed E-state index contributed by atoms with van der Waals surface area (Å²) in [5.41, 5.74) is 6.30. The zero-order valence-corrected chi connectivity index (χ0v) is 19.3. The highest BCUT2D eigenvalue weighted by molar-refractivity contribution is 5.96. The number of carbonyl (C=O) groups is 1. The maximum Gasteiger partial charge on any atom is 0.523 e. The summed E-state index contributed by atoms with van der Waals surface area (Å²) < 4.78 is 41.3. The molecule has 0 radical (unpaired) electrons. The van der Waals surface area contributed by atoms with Crippen LogP contribution in [0.5, 0.6) is 0 Å². The number of nitrogens with one attached hydrogen (secondary N) is 2. The van der Waals surface area contributed by atoms with E-state index in [1.165, 1.54) is 6.08 Å². The zero-order chi connectivity index (χ0) is 23.9. The second-order valence-corrected chi connectivity index (χ2v) is 10.0. The third kappa shape index (κ3) is 4.81. The molecule has 9 heteroatoms. The fourth-order valence-electron chi connectivity index (χ4n) is 5.96. The first kappa shape index (κ1) is 23.2. The molecule has 5 rings (SSSR count). The van der Waals surface area contributed by atoms with Crippen LogP contribution < -0.4 is 10.7 Å². The number of hydrogen-bond acceptors (Lipinski definition) is 5. The molecule has 5 aliphatic rings. The molecule has 1 saturated carbocycles. The van der Waals surface area contributed by atoms with Crippen LogP contribution in [0.25, 0.3) is 0 Å². The van der Waals surface area contributed by atoms with E-state index in [0.29, 0.717) is 17.9 Å². The Balaban J connectivity index is 1.06. The monoisotopic (exact) mass is 476 g/mol. The van der Waals surface area contributed by atoms with Gasteiger partial charge in [0.25, 0.3) is 5.91 Å². The lowest BCUT2D eigenvalue weighted by atomic mass is 9.57. The summed E-state index contributed by atoms with van der Waals surface area (Å²) in [7, 11) is 0. The van der Waals surface area contributed by atoms with E-state index in [1.807, 2.05) is 42.4 Å². The van der Waals surface area contributed by atoms with Crippen LogP contribution in [0.2, 0.25) is 0 Å². The minimum Gasteiger partial charge on any atom is -0.372 e. The number of ether oxygens (including phenoxy) is 1. The standard InChI is InChI=1S/C25H31F3N4O2/c1-17-22(21-4-2-3-11-32(21)30-17)23(33)29-16-18-14-24(15-18)9-12-31(13-10-24)19-5-7-20(8-6-19)34-25(26,27)28/h2-7,11,17-18,20,30H,8-10,12-16H2,1H3,(H,29,33)/t17-,20?/m1/s1. The normalized spacial score (nSPS) is 28.3. The van der Waals surface area contributed by atoms with Crippen LogP contribution in [0.15, 0.2) is 59.6 Å². The van der Waals surface area contributed by atoms with E-state index in [-0.39, 0.29) is 18.4 Å². The molecule has 1 saturated heterocycles. The predicted octanol–water partition coefficient (Wildman–Crippen LogP) is 3.89. The average Bonchev–Trinajstić information content (AvgIpc) is 3.11. The number of rotatable bonds is 5. The van der Waals surface area contributed by atoms with Crippen LogP contribution in [-0.4, -0.2) is 54.0 Å². The lowest BCUT2D eigenvalue weighted by Gasteiger charge is -2.53. The molecular weight excluding hydrogens is 445 g/mol. The Morgan fingerprint density at radius 2 is 2.00 bits per heavy atom. The van der Waals surface area contributed by atoms with Gasteiger partial charge in [0.1, 0.15) is 0 Å². The molecule has 2 aliphatic carbocycles. The summed E-state index contributed by atoms with van der Waals surface area (Å²) in [6.07, 6.45) is 11.9. The van der Waals surface area contributed by atoms with Crippen molar-refractivity contribution in [3.63, 3.8) is 0 Å². The summed E-state index contributed by atoms with van der Waals surface area (Å²) in [6, 6.07) is -0.0297. The molecule has 3 aliphatic heterocycles. The summed E-state index contributed by atoms with van der Waals surface area (Å²) >= 11 is 0. The van der Waals surface area contributed by atoms with Gasteiger partial charge < -0.3 is 10.2 Å². The van der Waals surface area contributed by atoms with Gasteiger partial charge in [-0.2, -0.15) is 0 Å². The number of fused-ring (bicyclic) bond motifs is 1. The molecule has 3 heterocycles. The number of hydrazine groups is 1. The number of halogens is 3. The van der Waals surface area contributed by atoms with Crippen molar-refractivity contribution in [3.05, 3.63) is 59.6 Å². The molecule has 1 amide bonds. The van der Waals surface area contributed by atoms with Crippen molar-refractivity contribution in [1.29, 1.82) is 0 Å². The molecule has 0 aromatic rings. The number of carbonyl (C=O) groups excluding carboxylic acids is 1. The van der Waals surface area contributed by atoms with Crippen molar-refractivity contribution in [2.75, 3.05) is 19.6 Å². The van der Waals surface area contributed by atoms with Crippen molar-refractivity contribution in [2.24, 2.45) is 11.3 Å².